The highest BCUT2D eigenvalue weighted by Gasteiger charge is 2.38. The third-order valence-corrected chi connectivity index (χ3v) is 5.31. The molecule has 0 aliphatic heterocycles. The van der Waals surface area contributed by atoms with Crippen molar-refractivity contribution in [3.8, 4) is 0 Å². The lowest BCUT2D eigenvalue weighted by atomic mass is 9.60. The highest BCUT2D eigenvalue weighted by atomic mass is 31.0. The van der Waals surface area contributed by atoms with Crippen LogP contribution in [-0.4, -0.2) is 5.48 Å². The standard InChI is InChI=1S/C18H36.H2O.H3P/c1-4-7-12-17-13-10-11-16-18(17,14-8-5-2)15-9-6-3;;/h17H,4-16H2,1-3H3;1H2;1H3. The third-order valence-electron chi connectivity index (χ3n) is 5.31. The van der Waals surface area contributed by atoms with Crippen LogP contribution in [0, 0.1) is 11.3 Å². The van der Waals surface area contributed by atoms with Crippen LogP contribution >= 0.6 is 9.90 Å². The quantitative estimate of drug-likeness (QED) is 0.470. The van der Waals surface area contributed by atoms with Gasteiger partial charge in [0.2, 0.25) is 0 Å². The second-order valence-corrected chi connectivity index (χ2v) is 6.65. The van der Waals surface area contributed by atoms with Crippen LogP contribution in [0.2, 0.25) is 0 Å². The van der Waals surface area contributed by atoms with Gasteiger partial charge in [0.05, 0.1) is 0 Å². The molecule has 0 aromatic carbocycles. The molecule has 20 heavy (non-hydrogen) atoms. The van der Waals surface area contributed by atoms with Crippen LogP contribution in [0.25, 0.3) is 0 Å². The topological polar surface area (TPSA) is 31.5 Å². The van der Waals surface area contributed by atoms with E-state index in [1.165, 1.54) is 77.0 Å². The first-order chi connectivity index (χ1) is 8.79. The summed E-state index contributed by atoms with van der Waals surface area (Å²) in [6.07, 6.45) is 19.2. The maximum absolute atomic E-state index is 2.36. The number of hydrogen-bond donors (Lipinski definition) is 0. The van der Waals surface area contributed by atoms with Gasteiger partial charge in [0.15, 0.2) is 0 Å². The Hall–Kier alpha value is 0.390. The summed E-state index contributed by atoms with van der Waals surface area (Å²) >= 11 is 0. The van der Waals surface area contributed by atoms with Crippen molar-refractivity contribution in [3.63, 3.8) is 0 Å². The molecular weight excluding hydrogens is 263 g/mol. The van der Waals surface area contributed by atoms with Gasteiger partial charge < -0.3 is 5.48 Å². The van der Waals surface area contributed by atoms with Crippen LogP contribution in [0.4, 0.5) is 0 Å². The van der Waals surface area contributed by atoms with E-state index in [1.807, 2.05) is 0 Å². The molecule has 1 aliphatic rings. The molecule has 2 heteroatoms. The van der Waals surface area contributed by atoms with Gasteiger partial charge in [0.25, 0.3) is 0 Å². The monoisotopic (exact) mass is 304 g/mol. The molecule has 2 unspecified atom stereocenters. The van der Waals surface area contributed by atoms with Gasteiger partial charge in [0.1, 0.15) is 0 Å². The van der Waals surface area contributed by atoms with Gasteiger partial charge in [-0.05, 0) is 43.4 Å². The van der Waals surface area contributed by atoms with Gasteiger partial charge in [-0.15, -0.1) is 0 Å². The van der Waals surface area contributed by atoms with Crippen LogP contribution in [0.15, 0.2) is 0 Å². The third kappa shape index (κ3) is 6.90. The summed E-state index contributed by atoms with van der Waals surface area (Å²) in [5.41, 5.74) is 0.749. The van der Waals surface area contributed by atoms with Crippen LogP contribution in [-0.2, 0) is 0 Å². The lowest BCUT2D eigenvalue weighted by molar-refractivity contribution is 0.0581. The molecule has 0 heterocycles. The maximum Gasteiger partial charge on any atom is -0.0269 e. The van der Waals surface area contributed by atoms with E-state index >= 15 is 0 Å². The van der Waals surface area contributed by atoms with E-state index in [0.29, 0.717) is 0 Å². The van der Waals surface area contributed by atoms with Gasteiger partial charge in [-0.1, -0.05) is 72.1 Å². The Kier molecular flexibility index (Phi) is 14.8. The number of rotatable bonds is 9. The number of hydrogen-bond acceptors (Lipinski definition) is 0. The van der Waals surface area contributed by atoms with Crippen molar-refractivity contribution in [3.05, 3.63) is 0 Å². The Morgan fingerprint density at radius 2 is 1.40 bits per heavy atom. The molecule has 0 aromatic heterocycles. The molecule has 2 atom stereocenters. The van der Waals surface area contributed by atoms with Crippen LogP contribution < -0.4 is 0 Å². The van der Waals surface area contributed by atoms with E-state index in [9.17, 15) is 0 Å². The van der Waals surface area contributed by atoms with Crippen molar-refractivity contribution >= 4 is 9.90 Å². The molecule has 1 rings (SSSR count). The Labute approximate surface area is 131 Å². The zero-order valence-electron chi connectivity index (χ0n) is 14.5. The molecule has 2 N–H and O–H groups in total. The summed E-state index contributed by atoms with van der Waals surface area (Å²) in [5.74, 6) is 1.06. The average Bonchev–Trinajstić information content (AvgIpc) is 2.42. The van der Waals surface area contributed by atoms with E-state index in [-0.39, 0.29) is 15.4 Å². The van der Waals surface area contributed by atoms with Gasteiger partial charge >= 0.3 is 0 Å². The van der Waals surface area contributed by atoms with Crippen molar-refractivity contribution in [2.24, 2.45) is 11.3 Å². The minimum atomic E-state index is 0. The molecule has 1 saturated carbocycles. The van der Waals surface area contributed by atoms with E-state index in [2.05, 4.69) is 20.8 Å². The summed E-state index contributed by atoms with van der Waals surface area (Å²) in [4.78, 5) is 0. The number of unbranched alkanes of at least 4 members (excludes halogenated alkanes) is 3. The largest absolute Gasteiger partial charge is 0.412 e. The second-order valence-electron chi connectivity index (χ2n) is 6.65. The molecule has 1 aliphatic carbocycles. The van der Waals surface area contributed by atoms with E-state index in [0.717, 1.165) is 11.3 Å². The molecule has 1 nitrogen and oxygen atoms in total. The fourth-order valence-corrected chi connectivity index (χ4v) is 4.12. The summed E-state index contributed by atoms with van der Waals surface area (Å²) in [5, 5.41) is 0. The summed E-state index contributed by atoms with van der Waals surface area (Å²) in [6.45, 7) is 7.07. The van der Waals surface area contributed by atoms with Gasteiger partial charge in [-0.2, -0.15) is 9.90 Å². The molecule has 124 valence electrons. The normalized spacial score (nSPS) is 20.9. The predicted molar refractivity (Wildman–Crippen MR) is 97.7 cm³/mol. The van der Waals surface area contributed by atoms with Crippen molar-refractivity contribution in [2.45, 2.75) is 104 Å². The summed E-state index contributed by atoms with van der Waals surface area (Å²) in [7, 11) is 0. The Bertz CT molecular complexity index is 198. The Morgan fingerprint density at radius 3 is 1.90 bits per heavy atom. The van der Waals surface area contributed by atoms with Crippen LogP contribution in [0.5, 0.6) is 0 Å². The maximum atomic E-state index is 2.36. The van der Waals surface area contributed by atoms with Crippen LogP contribution in [0.1, 0.15) is 104 Å². The molecule has 0 amide bonds. The zero-order chi connectivity index (χ0) is 13.3. The summed E-state index contributed by atoms with van der Waals surface area (Å²) in [6, 6.07) is 0. The average molecular weight is 304 g/mol. The molecule has 0 bridgehead atoms. The zero-order valence-corrected chi connectivity index (χ0v) is 15.9. The van der Waals surface area contributed by atoms with Gasteiger partial charge in [0, 0.05) is 0 Å². The van der Waals surface area contributed by atoms with Crippen molar-refractivity contribution in [2.75, 3.05) is 0 Å². The molecule has 0 radical (unpaired) electrons. The molecule has 0 aromatic rings. The van der Waals surface area contributed by atoms with Gasteiger partial charge in [-0.25, -0.2) is 0 Å². The lowest BCUT2D eigenvalue weighted by Gasteiger charge is -2.45. The second kappa shape index (κ2) is 13.1. The van der Waals surface area contributed by atoms with E-state index in [1.54, 1.807) is 6.42 Å². The minimum absolute atomic E-state index is 0. The molecule has 0 spiro atoms. The van der Waals surface area contributed by atoms with Crippen molar-refractivity contribution in [1.29, 1.82) is 0 Å². The first-order valence-electron chi connectivity index (χ1n) is 8.79. The van der Waals surface area contributed by atoms with Gasteiger partial charge in [-0.3, -0.25) is 0 Å². The first-order valence-corrected chi connectivity index (χ1v) is 8.79. The highest BCUT2D eigenvalue weighted by molar-refractivity contribution is 6.92. The summed E-state index contributed by atoms with van der Waals surface area (Å²) < 4.78 is 0. The van der Waals surface area contributed by atoms with E-state index < -0.39 is 0 Å². The SMILES string of the molecule is CCCCC1CCCCC1(CCCC)CCCC.O.P. The fourth-order valence-electron chi connectivity index (χ4n) is 4.12. The molecular formula is C18H41OP. The first kappa shape index (κ1) is 22.7. The fraction of sp³-hybridized carbons (Fsp3) is 1.00. The Balaban J connectivity index is 0. The Morgan fingerprint density at radius 1 is 0.850 bits per heavy atom. The highest BCUT2D eigenvalue weighted by Crippen LogP contribution is 2.50. The molecule has 0 saturated heterocycles. The van der Waals surface area contributed by atoms with Crippen molar-refractivity contribution < 1.29 is 5.48 Å². The minimum Gasteiger partial charge on any atom is -0.412 e. The van der Waals surface area contributed by atoms with E-state index in [4.69, 9.17) is 0 Å². The van der Waals surface area contributed by atoms with Crippen molar-refractivity contribution in [1.82, 2.24) is 0 Å². The smallest absolute Gasteiger partial charge is 0.0269 e. The predicted octanol–water partition coefficient (Wildman–Crippen LogP) is 5.97. The lowest BCUT2D eigenvalue weighted by Crippen LogP contribution is -2.34. The molecule has 1 fully saturated rings. The van der Waals surface area contributed by atoms with Crippen LogP contribution in [0.3, 0.4) is 0 Å².